The summed E-state index contributed by atoms with van der Waals surface area (Å²) < 4.78 is 24.6. The number of nitrogens with two attached hydrogens (primary N) is 1. The Balaban J connectivity index is 1.66. The van der Waals surface area contributed by atoms with Crippen LogP contribution in [-0.4, -0.2) is 29.2 Å². The molecule has 0 saturated heterocycles. The fourth-order valence-corrected chi connectivity index (χ4v) is 3.46. The lowest BCUT2D eigenvalue weighted by molar-refractivity contribution is -0.142. The van der Waals surface area contributed by atoms with Crippen LogP contribution in [0.3, 0.4) is 0 Å². The van der Waals surface area contributed by atoms with E-state index in [9.17, 15) is 19.1 Å². The standard InChI is InChI=1S/C20H19FN2O5S/c1-27-19(25)15(22)9-11-2-5-13(6-3-11)28-16-7-4-12(8-14(16)21)10-17-18(24)23-20(26)29-17/h2-8,15,24H,9-10,22H2,1H3,(H,23,26). The Morgan fingerprint density at radius 2 is 1.93 bits per heavy atom. The summed E-state index contributed by atoms with van der Waals surface area (Å²) in [6.07, 6.45) is 0.537. The van der Waals surface area contributed by atoms with Crippen LogP contribution in [0.5, 0.6) is 17.4 Å². The summed E-state index contributed by atoms with van der Waals surface area (Å²) in [6, 6.07) is 10.5. The number of aromatic amines is 1. The highest BCUT2D eigenvalue weighted by Crippen LogP contribution is 2.27. The van der Waals surface area contributed by atoms with Gasteiger partial charge in [-0.3, -0.25) is 14.6 Å². The fourth-order valence-electron chi connectivity index (χ4n) is 2.70. The summed E-state index contributed by atoms with van der Waals surface area (Å²) in [6.45, 7) is 0. The van der Waals surface area contributed by atoms with Gasteiger partial charge in [-0.1, -0.05) is 29.5 Å². The smallest absolute Gasteiger partial charge is 0.322 e. The first kappa shape index (κ1) is 20.6. The van der Waals surface area contributed by atoms with Gasteiger partial charge in [-0.25, -0.2) is 4.39 Å². The van der Waals surface area contributed by atoms with E-state index < -0.39 is 17.8 Å². The minimum absolute atomic E-state index is 0.0410. The van der Waals surface area contributed by atoms with E-state index in [2.05, 4.69) is 9.72 Å². The molecule has 1 atom stereocenters. The van der Waals surface area contributed by atoms with Gasteiger partial charge in [0, 0.05) is 6.42 Å². The van der Waals surface area contributed by atoms with Crippen LogP contribution in [0.1, 0.15) is 16.0 Å². The Labute approximate surface area is 169 Å². The lowest BCUT2D eigenvalue weighted by atomic mass is 10.1. The number of ether oxygens (including phenoxy) is 2. The molecule has 0 bridgehead atoms. The molecule has 4 N–H and O–H groups in total. The number of methoxy groups -OCH3 is 1. The third-order valence-electron chi connectivity index (χ3n) is 4.17. The van der Waals surface area contributed by atoms with Crippen LogP contribution in [-0.2, 0) is 22.4 Å². The van der Waals surface area contributed by atoms with Crippen molar-refractivity contribution in [3.63, 3.8) is 0 Å². The van der Waals surface area contributed by atoms with Crippen LogP contribution in [0.25, 0.3) is 0 Å². The molecular weight excluding hydrogens is 399 g/mol. The average molecular weight is 418 g/mol. The van der Waals surface area contributed by atoms with Gasteiger partial charge in [0.15, 0.2) is 11.6 Å². The molecule has 1 aromatic heterocycles. The number of carbonyl (C=O) groups is 1. The van der Waals surface area contributed by atoms with Crippen LogP contribution in [0.2, 0.25) is 0 Å². The second kappa shape index (κ2) is 8.89. The van der Waals surface area contributed by atoms with Gasteiger partial charge >= 0.3 is 10.8 Å². The second-order valence-corrected chi connectivity index (χ2v) is 7.38. The zero-order valence-electron chi connectivity index (χ0n) is 15.5. The van der Waals surface area contributed by atoms with Gasteiger partial charge in [0.1, 0.15) is 11.8 Å². The van der Waals surface area contributed by atoms with E-state index >= 15 is 0 Å². The number of rotatable bonds is 7. The van der Waals surface area contributed by atoms with E-state index in [0.29, 0.717) is 22.6 Å². The average Bonchev–Trinajstić information content (AvgIpc) is 3.01. The predicted octanol–water partition coefficient (Wildman–Crippen LogP) is 2.71. The summed E-state index contributed by atoms with van der Waals surface area (Å²) >= 11 is 0.878. The molecule has 7 nitrogen and oxygen atoms in total. The zero-order valence-corrected chi connectivity index (χ0v) is 16.3. The summed E-state index contributed by atoms with van der Waals surface area (Å²) in [5.74, 6) is -0.796. The number of carbonyl (C=O) groups excluding carboxylic acids is 1. The SMILES string of the molecule is COC(=O)C(N)Cc1ccc(Oc2ccc(Cc3sc(=O)[nH]c3O)cc2F)cc1. The van der Waals surface area contributed by atoms with Crippen LogP contribution in [0, 0.1) is 5.82 Å². The van der Waals surface area contributed by atoms with Gasteiger partial charge in [-0.2, -0.15) is 0 Å². The van der Waals surface area contributed by atoms with Crippen molar-refractivity contribution < 1.29 is 23.8 Å². The number of halogens is 1. The minimum Gasteiger partial charge on any atom is -0.494 e. The van der Waals surface area contributed by atoms with E-state index in [0.717, 1.165) is 16.9 Å². The number of nitrogens with one attached hydrogen (secondary N) is 1. The monoisotopic (exact) mass is 418 g/mol. The van der Waals surface area contributed by atoms with Crippen molar-refractivity contribution in [2.75, 3.05) is 7.11 Å². The van der Waals surface area contributed by atoms with Crippen molar-refractivity contribution in [1.29, 1.82) is 0 Å². The number of esters is 1. The molecule has 29 heavy (non-hydrogen) atoms. The first-order valence-electron chi connectivity index (χ1n) is 8.65. The third kappa shape index (κ3) is 5.21. The molecule has 3 aromatic rings. The van der Waals surface area contributed by atoms with Crippen molar-refractivity contribution in [1.82, 2.24) is 4.98 Å². The Morgan fingerprint density at radius 1 is 1.24 bits per heavy atom. The molecule has 0 aliphatic carbocycles. The third-order valence-corrected chi connectivity index (χ3v) is 5.04. The number of aromatic hydroxyl groups is 1. The molecular formula is C20H19FN2O5S. The molecule has 0 saturated carbocycles. The van der Waals surface area contributed by atoms with Gasteiger partial charge < -0.3 is 20.3 Å². The maximum Gasteiger partial charge on any atom is 0.322 e. The van der Waals surface area contributed by atoms with Gasteiger partial charge in [-0.15, -0.1) is 0 Å². The fraction of sp³-hybridized carbons (Fsp3) is 0.200. The van der Waals surface area contributed by atoms with E-state index in [4.69, 9.17) is 10.5 Å². The quantitative estimate of drug-likeness (QED) is 0.508. The highest BCUT2D eigenvalue weighted by molar-refractivity contribution is 7.09. The Hall–Kier alpha value is -3.17. The summed E-state index contributed by atoms with van der Waals surface area (Å²) in [4.78, 5) is 25.0. The van der Waals surface area contributed by atoms with E-state index in [1.165, 1.54) is 19.2 Å². The van der Waals surface area contributed by atoms with Crippen molar-refractivity contribution in [3.8, 4) is 17.4 Å². The molecule has 9 heteroatoms. The first-order chi connectivity index (χ1) is 13.9. The van der Waals surface area contributed by atoms with E-state index in [1.807, 2.05) is 0 Å². The maximum atomic E-state index is 14.4. The Kier molecular flexibility index (Phi) is 6.30. The van der Waals surface area contributed by atoms with Gasteiger partial charge in [-0.05, 0) is 41.8 Å². The van der Waals surface area contributed by atoms with E-state index in [-0.39, 0.29) is 22.9 Å². The Bertz CT molecular complexity index is 1060. The van der Waals surface area contributed by atoms with Crippen molar-refractivity contribution in [2.45, 2.75) is 18.9 Å². The maximum absolute atomic E-state index is 14.4. The molecule has 0 radical (unpaired) electrons. The molecule has 0 spiro atoms. The van der Waals surface area contributed by atoms with E-state index in [1.54, 1.807) is 30.3 Å². The number of H-pyrrole nitrogens is 1. The van der Waals surface area contributed by atoms with Gasteiger partial charge in [0.2, 0.25) is 5.88 Å². The predicted molar refractivity (Wildman–Crippen MR) is 106 cm³/mol. The number of aromatic nitrogens is 1. The molecule has 2 aromatic carbocycles. The molecule has 152 valence electrons. The summed E-state index contributed by atoms with van der Waals surface area (Å²) in [5.41, 5.74) is 7.14. The highest BCUT2D eigenvalue weighted by Gasteiger charge is 2.14. The second-order valence-electron chi connectivity index (χ2n) is 6.31. The van der Waals surface area contributed by atoms with Crippen molar-refractivity contribution in [3.05, 3.63) is 74.0 Å². The molecule has 1 heterocycles. The normalized spacial score (nSPS) is 11.8. The molecule has 3 rings (SSSR count). The lowest BCUT2D eigenvalue weighted by Gasteiger charge is -2.11. The van der Waals surface area contributed by atoms with Crippen molar-refractivity contribution in [2.24, 2.45) is 5.73 Å². The topological polar surface area (TPSA) is 115 Å². The largest absolute Gasteiger partial charge is 0.494 e. The Morgan fingerprint density at radius 3 is 2.52 bits per heavy atom. The highest BCUT2D eigenvalue weighted by atomic mass is 32.1. The van der Waals surface area contributed by atoms with Gasteiger partial charge in [0.05, 0.1) is 12.0 Å². The van der Waals surface area contributed by atoms with Crippen LogP contribution in [0.15, 0.2) is 47.3 Å². The van der Waals surface area contributed by atoms with Gasteiger partial charge in [0.25, 0.3) is 0 Å². The summed E-state index contributed by atoms with van der Waals surface area (Å²) in [7, 11) is 1.28. The lowest BCUT2D eigenvalue weighted by Crippen LogP contribution is -2.33. The molecule has 0 aliphatic rings. The number of thiazole rings is 1. The van der Waals surface area contributed by atoms with Crippen LogP contribution >= 0.6 is 11.3 Å². The number of hydrogen-bond donors (Lipinski definition) is 3. The zero-order chi connectivity index (χ0) is 21.0. The molecule has 0 aliphatic heterocycles. The molecule has 1 unspecified atom stereocenters. The molecule has 0 fully saturated rings. The van der Waals surface area contributed by atoms with Crippen molar-refractivity contribution >= 4 is 17.3 Å². The first-order valence-corrected chi connectivity index (χ1v) is 9.47. The van der Waals surface area contributed by atoms with Crippen LogP contribution < -0.4 is 15.3 Å². The number of benzene rings is 2. The summed E-state index contributed by atoms with van der Waals surface area (Å²) in [5, 5.41) is 9.64. The van der Waals surface area contributed by atoms with Crippen LogP contribution in [0.4, 0.5) is 4.39 Å². The number of hydrogen-bond acceptors (Lipinski definition) is 7. The minimum atomic E-state index is -0.755. The molecule has 0 amide bonds.